The molecule has 0 fully saturated rings. The number of aromatic hydroxyl groups is 1. The van der Waals surface area contributed by atoms with Gasteiger partial charge in [-0.3, -0.25) is 10.1 Å². The van der Waals surface area contributed by atoms with Crippen LogP contribution in [0.2, 0.25) is 5.02 Å². The van der Waals surface area contributed by atoms with Crippen molar-refractivity contribution < 1.29 is 15.1 Å². The molecule has 1 aliphatic carbocycles. The number of aliphatic hydroxyl groups is 1. The summed E-state index contributed by atoms with van der Waals surface area (Å²) in [7, 11) is 0. The molecule has 0 radical (unpaired) electrons. The number of fused-ring (bicyclic) bond motifs is 3. The predicted molar refractivity (Wildman–Crippen MR) is 90.4 cm³/mol. The molecule has 6 heteroatoms. The summed E-state index contributed by atoms with van der Waals surface area (Å²) < 4.78 is 0. The predicted octanol–water partition coefficient (Wildman–Crippen LogP) is 3.90. The van der Waals surface area contributed by atoms with Crippen LogP contribution < -0.4 is 0 Å². The van der Waals surface area contributed by atoms with Crippen LogP contribution >= 0.6 is 11.6 Å². The number of rotatable bonds is 2. The Morgan fingerprint density at radius 2 is 1.71 bits per heavy atom. The number of hydrogen-bond acceptors (Lipinski definition) is 4. The molecule has 3 aromatic rings. The summed E-state index contributed by atoms with van der Waals surface area (Å²) in [4.78, 5) is 10.8. The normalized spacial score (nSPS) is 18.9. The lowest BCUT2D eigenvalue weighted by molar-refractivity contribution is -0.387. The maximum Gasteiger partial charge on any atom is 0.315 e. The molecule has 5 nitrogen and oxygen atoms in total. The van der Waals surface area contributed by atoms with Crippen molar-refractivity contribution in [2.24, 2.45) is 0 Å². The Morgan fingerprint density at radius 3 is 2.38 bits per heavy atom. The van der Waals surface area contributed by atoms with E-state index in [0.29, 0.717) is 32.5 Å². The van der Waals surface area contributed by atoms with Crippen LogP contribution in [0, 0.1) is 10.1 Å². The molecule has 0 aromatic heterocycles. The number of hydrogen-bond donors (Lipinski definition) is 2. The Balaban J connectivity index is 2.10. The average Bonchev–Trinajstić information content (AvgIpc) is 2.54. The Morgan fingerprint density at radius 1 is 1.08 bits per heavy atom. The van der Waals surface area contributed by atoms with Gasteiger partial charge in [-0.15, -0.1) is 0 Å². The molecule has 3 aromatic carbocycles. The highest BCUT2D eigenvalue weighted by atomic mass is 35.5. The molecule has 0 unspecified atom stereocenters. The van der Waals surface area contributed by atoms with Gasteiger partial charge in [0.2, 0.25) is 5.75 Å². The third-order valence-corrected chi connectivity index (χ3v) is 4.94. The number of benzene rings is 3. The largest absolute Gasteiger partial charge is 0.502 e. The monoisotopic (exact) mass is 341 g/mol. The van der Waals surface area contributed by atoms with Crippen LogP contribution in [0.25, 0.3) is 10.8 Å². The van der Waals surface area contributed by atoms with Gasteiger partial charge < -0.3 is 10.2 Å². The summed E-state index contributed by atoms with van der Waals surface area (Å²) in [6, 6.07) is 13.7. The average molecular weight is 342 g/mol. The van der Waals surface area contributed by atoms with Gasteiger partial charge in [0.15, 0.2) is 0 Å². The van der Waals surface area contributed by atoms with Gasteiger partial charge >= 0.3 is 5.69 Å². The van der Waals surface area contributed by atoms with Crippen LogP contribution in [0.1, 0.15) is 16.7 Å². The fraction of sp³-hybridized carbons (Fsp3) is 0.111. The molecule has 120 valence electrons. The highest BCUT2D eigenvalue weighted by molar-refractivity contribution is 6.31. The van der Waals surface area contributed by atoms with E-state index in [-0.39, 0.29) is 17.9 Å². The minimum Gasteiger partial charge on any atom is -0.502 e. The summed E-state index contributed by atoms with van der Waals surface area (Å²) >= 11 is 6.23. The molecule has 0 bridgehead atoms. The number of halogens is 1. The van der Waals surface area contributed by atoms with Crippen molar-refractivity contribution >= 4 is 28.1 Å². The van der Waals surface area contributed by atoms with Crippen LogP contribution in [-0.2, 0) is 12.0 Å². The smallest absolute Gasteiger partial charge is 0.315 e. The maximum atomic E-state index is 11.4. The third-order valence-electron chi connectivity index (χ3n) is 4.61. The molecule has 1 atom stereocenters. The van der Waals surface area contributed by atoms with Crippen LogP contribution in [0.5, 0.6) is 5.75 Å². The molecule has 24 heavy (non-hydrogen) atoms. The molecular formula is C18H12ClNO4. The lowest BCUT2D eigenvalue weighted by Gasteiger charge is -2.41. The van der Waals surface area contributed by atoms with Crippen molar-refractivity contribution in [3.05, 3.63) is 80.4 Å². The number of phenols is 1. The first-order valence-electron chi connectivity index (χ1n) is 7.34. The molecule has 0 aliphatic heterocycles. The highest BCUT2D eigenvalue weighted by Crippen LogP contribution is 2.55. The first kappa shape index (κ1) is 14.9. The van der Waals surface area contributed by atoms with Gasteiger partial charge in [0, 0.05) is 33.5 Å². The summed E-state index contributed by atoms with van der Waals surface area (Å²) in [5, 5.41) is 34.3. The molecule has 1 aliphatic rings. The van der Waals surface area contributed by atoms with Crippen molar-refractivity contribution in [3.63, 3.8) is 0 Å². The minimum atomic E-state index is -1.41. The number of nitro groups is 1. The first-order chi connectivity index (χ1) is 11.4. The van der Waals surface area contributed by atoms with Crippen molar-refractivity contribution in [2.75, 3.05) is 0 Å². The Kier molecular flexibility index (Phi) is 3.07. The SMILES string of the molecule is O=[N+]([O-])c1c2c(c3ccccc3c1O)[C@@](O)(c1ccccc1Cl)C2. The topological polar surface area (TPSA) is 83.6 Å². The fourth-order valence-electron chi connectivity index (χ4n) is 3.56. The van der Waals surface area contributed by atoms with E-state index in [1.54, 1.807) is 48.5 Å². The first-order valence-corrected chi connectivity index (χ1v) is 7.71. The second-order valence-corrected chi connectivity index (χ2v) is 6.28. The Bertz CT molecular complexity index is 1020. The quantitative estimate of drug-likeness (QED) is 0.547. The number of nitro benzene ring substituents is 1. The van der Waals surface area contributed by atoms with E-state index in [0.717, 1.165) is 0 Å². The van der Waals surface area contributed by atoms with E-state index in [4.69, 9.17) is 11.6 Å². The zero-order valence-corrected chi connectivity index (χ0v) is 13.1. The molecule has 0 saturated heterocycles. The number of phenolic OH excluding ortho intramolecular Hbond substituents is 1. The molecular weight excluding hydrogens is 330 g/mol. The van der Waals surface area contributed by atoms with Crippen LogP contribution in [0.15, 0.2) is 48.5 Å². The van der Waals surface area contributed by atoms with Gasteiger partial charge in [0.05, 0.1) is 4.92 Å². The van der Waals surface area contributed by atoms with E-state index in [9.17, 15) is 20.3 Å². The number of nitrogens with zero attached hydrogens (tertiary/aromatic N) is 1. The van der Waals surface area contributed by atoms with E-state index >= 15 is 0 Å². The second-order valence-electron chi connectivity index (χ2n) is 5.87. The van der Waals surface area contributed by atoms with Gasteiger partial charge in [-0.05, 0) is 11.5 Å². The van der Waals surface area contributed by atoms with Gasteiger partial charge in [0.25, 0.3) is 0 Å². The summed E-state index contributed by atoms with van der Waals surface area (Å²) in [6.07, 6.45) is 0.0285. The van der Waals surface area contributed by atoms with E-state index in [1.165, 1.54) is 0 Å². The standard InChI is InChI=1S/C18H12ClNO4/c19-14-8-4-3-7-13(14)18(22)9-12-15(18)10-5-1-2-6-11(10)17(21)16(12)20(23)24/h1-8,21-22H,9H2/t18-/m0/s1. The minimum absolute atomic E-state index is 0.0285. The molecule has 2 N–H and O–H groups in total. The summed E-state index contributed by atoms with van der Waals surface area (Å²) in [5.41, 5.74) is -0.467. The van der Waals surface area contributed by atoms with Crippen molar-refractivity contribution in [1.29, 1.82) is 0 Å². The lowest BCUT2D eigenvalue weighted by Crippen LogP contribution is -2.41. The third kappa shape index (κ3) is 1.79. The zero-order valence-electron chi connectivity index (χ0n) is 12.4. The van der Waals surface area contributed by atoms with E-state index in [2.05, 4.69) is 0 Å². The maximum absolute atomic E-state index is 11.4. The van der Waals surface area contributed by atoms with E-state index in [1.807, 2.05) is 0 Å². The Labute approximate surface area is 141 Å². The molecule has 0 saturated carbocycles. The van der Waals surface area contributed by atoms with Crippen molar-refractivity contribution in [3.8, 4) is 5.75 Å². The fourth-order valence-corrected chi connectivity index (χ4v) is 3.86. The summed E-state index contributed by atoms with van der Waals surface area (Å²) in [5.74, 6) is -0.365. The van der Waals surface area contributed by atoms with Gasteiger partial charge in [-0.25, -0.2) is 0 Å². The lowest BCUT2D eigenvalue weighted by atomic mass is 9.66. The van der Waals surface area contributed by atoms with Crippen molar-refractivity contribution in [1.82, 2.24) is 0 Å². The van der Waals surface area contributed by atoms with Crippen LogP contribution in [0.3, 0.4) is 0 Å². The van der Waals surface area contributed by atoms with Gasteiger partial charge in [0.1, 0.15) is 5.60 Å². The Hall–Kier alpha value is -2.63. The molecule has 0 spiro atoms. The second kappa shape index (κ2) is 4.93. The van der Waals surface area contributed by atoms with Gasteiger partial charge in [-0.2, -0.15) is 0 Å². The van der Waals surface area contributed by atoms with Crippen LogP contribution in [-0.4, -0.2) is 15.1 Å². The van der Waals surface area contributed by atoms with E-state index < -0.39 is 10.5 Å². The van der Waals surface area contributed by atoms with Crippen LogP contribution in [0.4, 0.5) is 5.69 Å². The summed E-state index contributed by atoms with van der Waals surface area (Å²) in [6.45, 7) is 0. The zero-order chi connectivity index (χ0) is 17.1. The molecule has 0 heterocycles. The molecule has 0 amide bonds. The molecule has 4 rings (SSSR count). The van der Waals surface area contributed by atoms with Crippen molar-refractivity contribution in [2.45, 2.75) is 12.0 Å². The van der Waals surface area contributed by atoms with Gasteiger partial charge in [-0.1, -0.05) is 54.1 Å². The highest BCUT2D eigenvalue weighted by Gasteiger charge is 2.50.